The van der Waals surface area contributed by atoms with E-state index in [2.05, 4.69) is 25.8 Å². The van der Waals surface area contributed by atoms with Crippen LogP contribution >= 0.6 is 34.8 Å². The van der Waals surface area contributed by atoms with E-state index in [1.165, 1.54) is 12.3 Å². The van der Waals surface area contributed by atoms with Crippen LogP contribution in [0.15, 0.2) is 58.0 Å². The molecular formula is C26H23Cl3F3N7O3. The van der Waals surface area contributed by atoms with E-state index < -0.39 is 33.5 Å². The van der Waals surface area contributed by atoms with E-state index >= 15 is 0 Å². The summed E-state index contributed by atoms with van der Waals surface area (Å²) in [4.78, 5) is 34.3. The van der Waals surface area contributed by atoms with E-state index in [9.17, 15) is 22.8 Å². The summed E-state index contributed by atoms with van der Waals surface area (Å²) < 4.78 is 44.5. The molecule has 0 aliphatic rings. The van der Waals surface area contributed by atoms with Gasteiger partial charge in [-0.25, -0.2) is 4.98 Å². The normalized spacial score (nSPS) is 12.0. The molecule has 0 bridgehead atoms. The van der Waals surface area contributed by atoms with Crippen LogP contribution in [0, 0.1) is 0 Å². The molecule has 0 saturated carbocycles. The van der Waals surface area contributed by atoms with Gasteiger partial charge in [0.2, 0.25) is 11.7 Å². The molecule has 10 nitrogen and oxygen atoms in total. The predicted octanol–water partition coefficient (Wildman–Crippen LogP) is 5.52. The van der Waals surface area contributed by atoms with E-state index in [1.54, 1.807) is 38.1 Å². The van der Waals surface area contributed by atoms with Crippen molar-refractivity contribution in [2.75, 3.05) is 11.1 Å². The number of hydrogen-bond donors (Lipinski definition) is 3. The number of anilines is 2. The Balaban J connectivity index is 1.55. The molecule has 42 heavy (non-hydrogen) atoms. The minimum absolute atomic E-state index is 0.0130. The molecule has 2 aromatic carbocycles. The van der Waals surface area contributed by atoms with E-state index in [4.69, 9.17) is 45.1 Å². The predicted molar refractivity (Wildman–Crippen MR) is 153 cm³/mol. The first-order chi connectivity index (χ1) is 19.6. The molecule has 2 aromatic heterocycles. The molecular weight excluding hydrogens is 622 g/mol. The third-order valence-corrected chi connectivity index (χ3v) is 6.22. The number of nitrogen functional groups attached to an aromatic ring is 1. The van der Waals surface area contributed by atoms with Crippen molar-refractivity contribution < 1.29 is 22.5 Å². The molecule has 0 aliphatic heterocycles. The van der Waals surface area contributed by atoms with Gasteiger partial charge in [-0.15, -0.1) is 0 Å². The van der Waals surface area contributed by atoms with Gasteiger partial charge in [-0.3, -0.25) is 14.2 Å². The summed E-state index contributed by atoms with van der Waals surface area (Å²) in [5, 5.41) is 9.35. The zero-order chi connectivity index (χ0) is 30.8. The number of benzene rings is 2. The minimum Gasteiger partial charge on any atom is -0.399 e. The lowest BCUT2D eigenvalue weighted by atomic mass is 10.1. The van der Waals surface area contributed by atoms with Gasteiger partial charge in [-0.2, -0.15) is 18.2 Å². The van der Waals surface area contributed by atoms with Crippen LogP contribution in [0.4, 0.5) is 24.7 Å². The summed E-state index contributed by atoms with van der Waals surface area (Å²) in [7, 11) is 0. The highest BCUT2D eigenvalue weighted by molar-refractivity contribution is 6.66. The first kappa shape index (κ1) is 31.1. The molecule has 0 fully saturated rings. The van der Waals surface area contributed by atoms with E-state index in [0.717, 1.165) is 16.7 Å². The molecule has 4 rings (SSSR count). The topological polar surface area (TPSA) is 141 Å². The Morgan fingerprint density at radius 1 is 1.10 bits per heavy atom. The molecule has 0 radical (unpaired) electrons. The lowest BCUT2D eigenvalue weighted by Crippen LogP contribution is -2.35. The van der Waals surface area contributed by atoms with Crippen molar-refractivity contribution in [3.63, 3.8) is 0 Å². The number of nitrogens with one attached hydrogen (secondary N) is 2. The van der Waals surface area contributed by atoms with Crippen molar-refractivity contribution in [1.82, 2.24) is 25.0 Å². The maximum atomic E-state index is 13.5. The largest absolute Gasteiger partial charge is 0.416 e. The van der Waals surface area contributed by atoms with Crippen molar-refractivity contribution in [3.05, 3.63) is 76.0 Å². The van der Waals surface area contributed by atoms with E-state index in [-0.39, 0.29) is 47.1 Å². The molecule has 4 aromatic rings. The van der Waals surface area contributed by atoms with Crippen LogP contribution in [0.5, 0.6) is 0 Å². The average Bonchev–Trinajstić information content (AvgIpc) is 3.40. The number of carbonyl (C=O) groups excluding carboxylic acids is 1. The highest BCUT2D eigenvalue weighted by Crippen LogP contribution is 2.38. The molecule has 0 spiro atoms. The zero-order valence-electron chi connectivity index (χ0n) is 22.0. The molecule has 2 heterocycles. The highest BCUT2D eigenvalue weighted by Gasteiger charge is 2.32. The lowest BCUT2D eigenvalue weighted by molar-refractivity contribution is -0.137. The van der Waals surface area contributed by atoms with Crippen LogP contribution in [-0.2, 0) is 27.9 Å². The maximum Gasteiger partial charge on any atom is 0.416 e. The second-order valence-electron chi connectivity index (χ2n) is 9.42. The van der Waals surface area contributed by atoms with Crippen molar-refractivity contribution in [2.45, 2.75) is 42.9 Å². The van der Waals surface area contributed by atoms with E-state index in [1.807, 2.05) is 0 Å². The Morgan fingerprint density at radius 2 is 1.79 bits per heavy atom. The van der Waals surface area contributed by atoms with Crippen molar-refractivity contribution in [1.29, 1.82) is 0 Å². The van der Waals surface area contributed by atoms with Gasteiger partial charge < -0.3 is 20.9 Å². The van der Waals surface area contributed by atoms with Gasteiger partial charge in [-0.1, -0.05) is 64.2 Å². The summed E-state index contributed by atoms with van der Waals surface area (Å²) in [6, 6.07) is 9.46. The van der Waals surface area contributed by atoms with Gasteiger partial charge in [0.15, 0.2) is 5.82 Å². The number of hydrogen-bond acceptors (Lipinski definition) is 8. The summed E-state index contributed by atoms with van der Waals surface area (Å²) in [6.45, 7) is 3.14. The Bertz CT molecular complexity index is 1650. The quantitative estimate of drug-likeness (QED) is 0.168. The summed E-state index contributed by atoms with van der Waals surface area (Å²) in [5.41, 5.74) is 5.09. The smallest absolute Gasteiger partial charge is 0.399 e. The number of nitrogens with zero attached hydrogens (tertiary/aromatic N) is 4. The number of halogens is 6. The van der Waals surface area contributed by atoms with Gasteiger partial charge in [0.1, 0.15) is 6.54 Å². The fraction of sp³-hybridized carbons (Fsp3) is 0.269. The van der Waals surface area contributed by atoms with Crippen molar-refractivity contribution in [2.24, 2.45) is 0 Å². The van der Waals surface area contributed by atoms with Crippen LogP contribution in [0.3, 0.4) is 0 Å². The third kappa shape index (κ3) is 7.52. The Morgan fingerprint density at radius 3 is 2.38 bits per heavy atom. The molecule has 0 unspecified atom stereocenters. The van der Waals surface area contributed by atoms with Crippen molar-refractivity contribution in [3.8, 4) is 22.6 Å². The number of rotatable bonds is 8. The molecule has 0 saturated heterocycles. The Labute approximate surface area is 252 Å². The number of amides is 1. The van der Waals surface area contributed by atoms with Crippen LogP contribution in [-0.4, -0.2) is 31.6 Å². The fourth-order valence-corrected chi connectivity index (χ4v) is 4.07. The Kier molecular flexibility index (Phi) is 9.04. The molecule has 1 amide bonds. The summed E-state index contributed by atoms with van der Waals surface area (Å²) >= 11 is 17.2. The van der Waals surface area contributed by atoms with Gasteiger partial charge in [0, 0.05) is 29.4 Å². The summed E-state index contributed by atoms with van der Waals surface area (Å²) in [5.74, 6) is -0.632. The standard InChI is InChI=1S/C26H23Cl3F3N7O3/c1-13(2)36-22-23(41)39(19(11-35-22)16-7-17(26(30,31)32)9-18(33)8-16)12-20(40)34-10-14-3-5-15(6-4-14)21-37-24(42-38-21)25(27,28)29/h3-9,11,13H,10,12,33H2,1-2H3,(H,34,40)(H,35,36). The molecule has 16 heteroatoms. The second kappa shape index (κ2) is 12.2. The average molecular weight is 645 g/mol. The van der Waals surface area contributed by atoms with Gasteiger partial charge >= 0.3 is 6.18 Å². The number of alkyl halides is 6. The maximum absolute atomic E-state index is 13.5. The number of carbonyl (C=O) groups is 1. The van der Waals surface area contributed by atoms with Crippen LogP contribution in [0.25, 0.3) is 22.6 Å². The zero-order valence-corrected chi connectivity index (χ0v) is 24.2. The first-order valence-corrected chi connectivity index (χ1v) is 13.4. The van der Waals surface area contributed by atoms with Gasteiger partial charge in [0.05, 0.1) is 17.5 Å². The third-order valence-electron chi connectivity index (χ3n) is 5.73. The molecule has 0 aliphatic carbocycles. The van der Waals surface area contributed by atoms with Crippen molar-refractivity contribution >= 4 is 52.2 Å². The molecule has 0 atom stereocenters. The van der Waals surface area contributed by atoms with Crippen LogP contribution in [0.2, 0.25) is 0 Å². The number of nitrogens with two attached hydrogens (primary N) is 1. The lowest BCUT2D eigenvalue weighted by Gasteiger charge is -2.17. The van der Waals surface area contributed by atoms with Crippen LogP contribution in [0.1, 0.15) is 30.9 Å². The summed E-state index contributed by atoms with van der Waals surface area (Å²) in [6.07, 6.45) is -3.46. The Hall–Kier alpha value is -3.81. The molecule has 222 valence electrons. The number of aromatic nitrogens is 4. The molecule has 4 N–H and O–H groups in total. The fourth-order valence-electron chi connectivity index (χ4n) is 3.84. The highest BCUT2D eigenvalue weighted by atomic mass is 35.6. The minimum atomic E-state index is -4.68. The monoisotopic (exact) mass is 643 g/mol. The van der Waals surface area contributed by atoms with Gasteiger partial charge in [-0.05, 0) is 37.6 Å². The SMILES string of the molecule is CC(C)Nc1ncc(-c2cc(N)cc(C(F)(F)F)c2)n(CC(=O)NCc2ccc(-c3noc(C(Cl)(Cl)Cl)n3)cc2)c1=O. The van der Waals surface area contributed by atoms with E-state index in [0.29, 0.717) is 11.1 Å². The van der Waals surface area contributed by atoms with Crippen LogP contribution < -0.4 is 21.9 Å². The van der Waals surface area contributed by atoms with Gasteiger partial charge in [0.25, 0.3) is 15.2 Å². The second-order valence-corrected chi connectivity index (χ2v) is 11.7. The first-order valence-electron chi connectivity index (χ1n) is 12.2.